The molecule has 1 atom stereocenters. The third-order valence-corrected chi connectivity index (χ3v) is 7.06. The number of anilines is 2. The predicted octanol–water partition coefficient (Wildman–Crippen LogP) is 8.73. The maximum Gasteiger partial charge on any atom is 0.145 e. The van der Waals surface area contributed by atoms with Crippen LogP contribution in [0.5, 0.6) is 0 Å². The summed E-state index contributed by atoms with van der Waals surface area (Å²) in [5, 5.41) is 6.04. The van der Waals surface area contributed by atoms with Gasteiger partial charge in [0.25, 0.3) is 0 Å². The molecule has 0 spiro atoms. The van der Waals surface area contributed by atoms with Crippen molar-refractivity contribution >= 4 is 23.1 Å². The van der Waals surface area contributed by atoms with Crippen molar-refractivity contribution in [3.05, 3.63) is 131 Å². The number of aromatic nitrogens is 2. The zero-order chi connectivity index (χ0) is 24.9. The molecule has 0 aliphatic carbocycles. The normalized spacial score (nSPS) is 14.9. The molecule has 1 aliphatic heterocycles. The first kappa shape index (κ1) is 22.6. The van der Waals surface area contributed by atoms with Crippen molar-refractivity contribution in [2.24, 2.45) is 0 Å². The molecular formula is C32H28ClN3. The van der Waals surface area contributed by atoms with Crippen molar-refractivity contribution in [1.29, 1.82) is 0 Å². The summed E-state index contributed by atoms with van der Waals surface area (Å²) >= 11 is 6.32. The summed E-state index contributed by atoms with van der Waals surface area (Å²) in [6.07, 6.45) is 0. The fourth-order valence-corrected chi connectivity index (χ4v) is 5.34. The largest absolute Gasteiger partial charge is 0.314 e. The van der Waals surface area contributed by atoms with Gasteiger partial charge in [0.1, 0.15) is 5.82 Å². The number of fused-ring (bicyclic) bond motifs is 3. The molecule has 178 valence electrons. The lowest BCUT2D eigenvalue weighted by Gasteiger charge is -2.40. The summed E-state index contributed by atoms with van der Waals surface area (Å²) in [6, 6.07) is 38.0. The van der Waals surface area contributed by atoms with E-state index in [1.165, 1.54) is 22.3 Å². The smallest absolute Gasteiger partial charge is 0.145 e. The highest BCUT2D eigenvalue weighted by Gasteiger charge is 2.40. The SMILES string of the molecule is CC(C)(C)c1nn(-c2ccccc2)c2c1-c1ccccc1C(c1ccc(Cl)cc1)N2c1ccccc1. The molecule has 4 heteroatoms. The number of hydrogen-bond acceptors (Lipinski definition) is 2. The molecule has 1 unspecified atom stereocenters. The monoisotopic (exact) mass is 489 g/mol. The van der Waals surface area contributed by atoms with Crippen LogP contribution in [0, 0.1) is 0 Å². The van der Waals surface area contributed by atoms with Gasteiger partial charge in [0, 0.05) is 21.7 Å². The Balaban J connectivity index is 1.75. The van der Waals surface area contributed by atoms with Crippen molar-refractivity contribution in [1.82, 2.24) is 9.78 Å². The molecule has 0 N–H and O–H groups in total. The molecule has 0 fully saturated rings. The minimum absolute atomic E-state index is 0.0413. The quantitative estimate of drug-likeness (QED) is 0.252. The van der Waals surface area contributed by atoms with E-state index >= 15 is 0 Å². The van der Waals surface area contributed by atoms with Crippen LogP contribution in [0.3, 0.4) is 0 Å². The molecule has 1 aliphatic rings. The van der Waals surface area contributed by atoms with Crippen LogP contribution in [-0.2, 0) is 5.41 Å². The van der Waals surface area contributed by atoms with E-state index in [0.717, 1.165) is 27.9 Å². The first-order valence-electron chi connectivity index (χ1n) is 12.3. The van der Waals surface area contributed by atoms with Crippen LogP contribution in [0.15, 0.2) is 109 Å². The van der Waals surface area contributed by atoms with Crippen molar-refractivity contribution < 1.29 is 0 Å². The molecular weight excluding hydrogens is 462 g/mol. The summed E-state index contributed by atoms with van der Waals surface area (Å²) in [5.74, 6) is 1.08. The Labute approximate surface area is 217 Å². The number of nitrogens with zero attached hydrogens (tertiary/aromatic N) is 3. The van der Waals surface area contributed by atoms with Gasteiger partial charge in [-0.3, -0.25) is 0 Å². The number of hydrogen-bond donors (Lipinski definition) is 0. The molecule has 6 rings (SSSR count). The van der Waals surface area contributed by atoms with E-state index in [-0.39, 0.29) is 11.5 Å². The third-order valence-electron chi connectivity index (χ3n) is 6.80. The molecule has 4 aromatic carbocycles. The van der Waals surface area contributed by atoms with Gasteiger partial charge in [-0.1, -0.05) is 105 Å². The molecule has 1 aromatic heterocycles. The summed E-state index contributed by atoms with van der Waals surface area (Å²) in [7, 11) is 0. The van der Waals surface area contributed by atoms with Gasteiger partial charge in [-0.05, 0) is 53.1 Å². The average molecular weight is 490 g/mol. The molecule has 0 bridgehead atoms. The van der Waals surface area contributed by atoms with Gasteiger partial charge in [-0.15, -0.1) is 0 Å². The number of halogens is 1. The Kier molecular flexibility index (Phi) is 5.46. The van der Waals surface area contributed by atoms with E-state index in [2.05, 4.69) is 121 Å². The Morgan fingerprint density at radius 3 is 1.92 bits per heavy atom. The Bertz CT molecular complexity index is 1510. The van der Waals surface area contributed by atoms with Crippen molar-refractivity contribution in [2.75, 3.05) is 4.90 Å². The maximum atomic E-state index is 6.32. The fourth-order valence-electron chi connectivity index (χ4n) is 5.21. The predicted molar refractivity (Wildman–Crippen MR) is 150 cm³/mol. The second-order valence-electron chi connectivity index (χ2n) is 10.3. The number of rotatable bonds is 3. The lowest BCUT2D eigenvalue weighted by atomic mass is 9.81. The Morgan fingerprint density at radius 2 is 1.28 bits per heavy atom. The van der Waals surface area contributed by atoms with E-state index in [1.807, 2.05) is 18.2 Å². The molecule has 0 amide bonds. The van der Waals surface area contributed by atoms with Gasteiger partial charge in [0.2, 0.25) is 0 Å². The zero-order valence-electron chi connectivity index (χ0n) is 20.7. The Morgan fingerprint density at radius 1 is 0.694 bits per heavy atom. The van der Waals surface area contributed by atoms with Gasteiger partial charge in [0.05, 0.1) is 17.4 Å². The molecule has 2 heterocycles. The first-order chi connectivity index (χ1) is 17.4. The van der Waals surface area contributed by atoms with Gasteiger partial charge >= 0.3 is 0 Å². The lowest BCUT2D eigenvalue weighted by molar-refractivity contribution is 0.562. The standard InChI is InChI=1S/C32H28ClN3/c1-32(2,3)30-28-26-16-10-11-17-27(26)29(22-18-20-23(33)21-19-22)35(24-12-6-4-7-13-24)31(28)36(34-30)25-14-8-5-9-15-25/h4-21,29H,1-3H3. The number of para-hydroxylation sites is 2. The molecule has 36 heavy (non-hydrogen) atoms. The summed E-state index contributed by atoms with van der Waals surface area (Å²) in [4.78, 5) is 2.44. The highest BCUT2D eigenvalue weighted by Crippen LogP contribution is 2.54. The third kappa shape index (κ3) is 3.71. The summed E-state index contributed by atoms with van der Waals surface area (Å²) < 4.78 is 2.13. The second-order valence-corrected chi connectivity index (χ2v) is 10.7. The van der Waals surface area contributed by atoms with Crippen LogP contribution < -0.4 is 4.90 Å². The van der Waals surface area contributed by atoms with Crippen molar-refractivity contribution in [3.8, 4) is 16.8 Å². The summed E-state index contributed by atoms with van der Waals surface area (Å²) in [5.41, 5.74) is 7.96. The maximum absolute atomic E-state index is 6.32. The minimum atomic E-state index is -0.146. The molecule has 0 saturated carbocycles. The van der Waals surface area contributed by atoms with E-state index in [0.29, 0.717) is 0 Å². The van der Waals surface area contributed by atoms with Gasteiger partial charge in [-0.2, -0.15) is 5.10 Å². The highest BCUT2D eigenvalue weighted by atomic mass is 35.5. The van der Waals surface area contributed by atoms with Crippen LogP contribution in [0.2, 0.25) is 5.02 Å². The van der Waals surface area contributed by atoms with Crippen LogP contribution >= 0.6 is 11.6 Å². The van der Waals surface area contributed by atoms with E-state index in [1.54, 1.807) is 0 Å². The van der Waals surface area contributed by atoms with Crippen LogP contribution in [0.25, 0.3) is 16.8 Å². The van der Waals surface area contributed by atoms with E-state index < -0.39 is 0 Å². The molecule has 0 radical (unpaired) electrons. The lowest BCUT2D eigenvalue weighted by Crippen LogP contribution is -2.30. The fraction of sp³-hybridized carbons (Fsp3) is 0.156. The summed E-state index contributed by atoms with van der Waals surface area (Å²) in [6.45, 7) is 6.73. The van der Waals surface area contributed by atoms with Crippen LogP contribution in [0.4, 0.5) is 11.5 Å². The van der Waals surface area contributed by atoms with Crippen LogP contribution in [0.1, 0.15) is 43.6 Å². The van der Waals surface area contributed by atoms with E-state index in [4.69, 9.17) is 16.7 Å². The highest BCUT2D eigenvalue weighted by molar-refractivity contribution is 6.30. The molecule has 3 nitrogen and oxygen atoms in total. The van der Waals surface area contributed by atoms with E-state index in [9.17, 15) is 0 Å². The topological polar surface area (TPSA) is 21.1 Å². The average Bonchev–Trinajstić information content (AvgIpc) is 3.31. The first-order valence-corrected chi connectivity index (χ1v) is 12.7. The van der Waals surface area contributed by atoms with Gasteiger partial charge < -0.3 is 4.90 Å². The Hall–Kier alpha value is -3.82. The molecule has 5 aromatic rings. The van der Waals surface area contributed by atoms with Gasteiger partial charge in [0.15, 0.2) is 0 Å². The minimum Gasteiger partial charge on any atom is -0.314 e. The number of benzene rings is 4. The zero-order valence-corrected chi connectivity index (χ0v) is 21.4. The second kappa shape index (κ2) is 8.69. The van der Waals surface area contributed by atoms with Gasteiger partial charge in [-0.25, -0.2) is 4.68 Å². The van der Waals surface area contributed by atoms with Crippen molar-refractivity contribution in [3.63, 3.8) is 0 Å². The van der Waals surface area contributed by atoms with Crippen molar-refractivity contribution in [2.45, 2.75) is 32.2 Å². The molecule has 0 saturated heterocycles. The van der Waals surface area contributed by atoms with Crippen LogP contribution in [-0.4, -0.2) is 9.78 Å².